The summed E-state index contributed by atoms with van der Waals surface area (Å²) in [4.78, 5) is 0. The normalized spacial score (nSPS) is 14.4. The summed E-state index contributed by atoms with van der Waals surface area (Å²) < 4.78 is 5.18. The lowest BCUT2D eigenvalue weighted by Gasteiger charge is -2.24. The number of aliphatic hydroxyl groups is 1. The van der Waals surface area contributed by atoms with Gasteiger partial charge in [-0.25, -0.2) is 0 Å². The highest BCUT2D eigenvalue weighted by Crippen LogP contribution is 2.23. The van der Waals surface area contributed by atoms with Crippen molar-refractivity contribution in [3.63, 3.8) is 0 Å². The van der Waals surface area contributed by atoms with Crippen LogP contribution in [0.1, 0.15) is 45.2 Å². The van der Waals surface area contributed by atoms with Crippen LogP contribution in [0.3, 0.4) is 0 Å². The van der Waals surface area contributed by atoms with Crippen LogP contribution in [-0.4, -0.2) is 24.9 Å². The van der Waals surface area contributed by atoms with E-state index >= 15 is 0 Å². The second kappa shape index (κ2) is 8.18. The zero-order valence-electron chi connectivity index (χ0n) is 12.5. The Morgan fingerprint density at radius 3 is 2.32 bits per heavy atom. The molecule has 0 heterocycles. The van der Waals surface area contributed by atoms with Gasteiger partial charge < -0.3 is 15.2 Å². The highest BCUT2D eigenvalue weighted by Gasteiger charge is 2.16. The maximum atomic E-state index is 9.83. The molecule has 0 radical (unpaired) electrons. The van der Waals surface area contributed by atoms with Gasteiger partial charge in [-0.2, -0.15) is 0 Å². The van der Waals surface area contributed by atoms with E-state index in [1.807, 2.05) is 12.1 Å². The fourth-order valence-electron chi connectivity index (χ4n) is 2.25. The standard InChI is InChI=1S/C16H27NO2/c1-5-6-14(18)11-17-16(12(2)3)13-7-9-15(19-4)10-8-13/h7-10,12,14,16-18H,5-6,11H2,1-4H3. The van der Waals surface area contributed by atoms with Crippen LogP contribution in [0.5, 0.6) is 5.75 Å². The molecule has 1 aromatic rings. The van der Waals surface area contributed by atoms with Crippen molar-refractivity contribution in [1.29, 1.82) is 0 Å². The van der Waals surface area contributed by atoms with Crippen molar-refractivity contribution >= 4 is 0 Å². The van der Waals surface area contributed by atoms with Crippen LogP contribution >= 0.6 is 0 Å². The molecule has 19 heavy (non-hydrogen) atoms. The molecular formula is C16H27NO2. The molecule has 108 valence electrons. The first-order valence-electron chi connectivity index (χ1n) is 7.13. The molecule has 2 unspecified atom stereocenters. The summed E-state index contributed by atoms with van der Waals surface area (Å²) in [5, 5.41) is 13.3. The highest BCUT2D eigenvalue weighted by molar-refractivity contribution is 5.29. The van der Waals surface area contributed by atoms with Gasteiger partial charge in [0.05, 0.1) is 13.2 Å². The summed E-state index contributed by atoms with van der Waals surface area (Å²) in [7, 11) is 1.67. The minimum atomic E-state index is -0.260. The number of aliphatic hydroxyl groups excluding tert-OH is 1. The Hall–Kier alpha value is -1.06. The lowest BCUT2D eigenvalue weighted by molar-refractivity contribution is 0.153. The van der Waals surface area contributed by atoms with Gasteiger partial charge in [0.2, 0.25) is 0 Å². The van der Waals surface area contributed by atoms with E-state index in [0.29, 0.717) is 12.5 Å². The van der Waals surface area contributed by atoms with Gasteiger partial charge in [0.25, 0.3) is 0 Å². The van der Waals surface area contributed by atoms with Crippen molar-refractivity contribution in [3.8, 4) is 5.75 Å². The molecule has 2 N–H and O–H groups in total. The second-order valence-corrected chi connectivity index (χ2v) is 5.35. The minimum Gasteiger partial charge on any atom is -0.497 e. The van der Waals surface area contributed by atoms with Crippen LogP contribution in [0.4, 0.5) is 0 Å². The number of hydrogen-bond acceptors (Lipinski definition) is 3. The number of rotatable bonds is 8. The molecule has 0 fully saturated rings. The number of benzene rings is 1. The molecule has 0 aliphatic heterocycles. The van der Waals surface area contributed by atoms with E-state index in [-0.39, 0.29) is 12.1 Å². The first kappa shape index (κ1) is 16.0. The number of hydrogen-bond donors (Lipinski definition) is 2. The lowest BCUT2D eigenvalue weighted by Crippen LogP contribution is -2.32. The molecule has 0 aromatic heterocycles. The molecule has 0 aliphatic carbocycles. The van der Waals surface area contributed by atoms with E-state index in [1.54, 1.807) is 7.11 Å². The Morgan fingerprint density at radius 2 is 1.84 bits per heavy atom. The summed E-state index contributed by atoms with van der Waals surface area (Å²) in [6.07, 6.45) is 1.60. The first-order chi connectivity index (χ1) is 9.08. The van der Waals surface area contributed by atoms with Crippen LogP contribution < -0.4 is 10.1 Å². The van der Waals surface area contributed by atoms with Gasteiger partial charge >= 0.3 is 0 Å². The molecule has 0 spiro atoms. The predicted molar refractivity (Wildman–Crippen MR) is 79.5 cm³/mol. The third kappa shape index (κ3) is 5.21. The third-order valence-electron chi connectivity index (χ3n) is 3.34. The average Bonchev–Trinajstić information content (AvgIpc) is 2.39. The molecule has 0 amide bonds. The first-order valence-corrected chi connectivity index (χ1v) is 7.13. The Morgan fingerprint density at radius 1 is 1.21 bits per heavy atom. The summed E-state index contributed by atoms with van der Waals surface area (Å²) >= 11 is 0. The lowest BCUT2D eigenvalue weighted by atomic mass is 9.95. The van der Waals surface area contributed by atoms with Gasteiger partial charge in [-0.3, -0.25) is 0 Å². The van der Waals surface area contributed by atoms with Gasteiger partial charge in [-0.05, 0) is 30.0 Å². The molecule has 0 aliphatic rings. The average molecular weight is 265 g/mol. The monoisotopic (exact) mass is 265 g/mol. The molecule has 0 saturated heterocycles. The van der Waals surface area contributed by atoms with Gasteiger partial charge in [-0.1, -0.05) is 39.3 Å². The maximum Gasteiger partial charge on any atom is 0.118 e. The van der Waals surface area contributed by atoms with Crippen molar-refractivity contribution in [2.24, 2.45) is 5.92 Å². The fraction of sp³-hybridized carbons (Fsp3) is 0.625. The van der Waals surface area contributed by atoms with Gasteiger partial charge in [0.15, 0.2) is 0 Å². The van der Waals surface area contributed by atoms with Crippen LogP contribution in [0.25, 0.3) is 0 Å². The topological polar surface area (TPSA) is 41.5 Å². The zero-order chi connectivity index (χ0) is 14.3. The smallest absolute Gasteiger partial charge is 0.118 e. The van der Waals surface area contributed by atoms with E-state index in [1.165, 1.54) is 5.56 Å². The van der Waals surface area contributed by atoms with Gasteiger partial charge in [0.1, 0.15) is 5.75 Å². The van der Waals surface area contributed by atoms with E-state index in [9.17, 15) is 5.11 Å². The SMILES string of the molecule is CCCC(O)CNC(c1ccc(OC)cc1)C(C)C. The fourth-order valence-corrected chi connectivity index (χ4v) is 2.25. The second-order valence-electron chi connectivity index (χ2n) is 5.35. The zero-order valence-corrected chi connectivity index (χ0v) is 12.5. The van der Waals surface area contributed by atoms with E-state index < -0.39 is 0 Å². The van der Waals surface area contributed by atoms with Crippen LogP contribution in [0, 0.1) is 5.92 Å². The molecule has 0 saturated carbocycles. The number of ether oxygens (including phenoxy) is 1. The third-order valence-corrected chi connectivity index (χ3v) is 3.34. The molecule has 3 heteroatoms. The van der Waals surface area contributed by atoms with E-state index in [0.717, 1.165) is 18.6 Å². The molecule has 2 atom stereocenters. The summed E-state index contributed by atoms with van der Waals surface area (Å²) in [5.74, 6) is 1.35. The summed E-state index contributed by atoms with van der Waals surface area (Å²) in [6.45, 7) is 7.11. The molecule has 1 rings (SSSR count). The van der Waals surface area contributed by atoms with Crippen molar-refractivity contribution in [1.82, 2.24) is 5.32 Å². The quantitative estimate of drug-likeness (QED) is 0.758. The summed E-state index contributed by atoms with van der Waals surface area (Å²) in [5.41, 5.74) is 1.24. The van der Waals surface area contributed by atoms with E-state index in [4.69, 9.17) is 4.74 Å². The Balaban J connectivity index is 2.65. The Labute approximate surface area is 117 Å². The van der Waals surface area contributed by atoms with E-state index in [2.05, 4.69) is 38.2 Å². The van der Waals surface area contributed by atoms with Crippen LogP contribution in [0.15, 0.2) is 24.3 Å². The minimum absolute atomic E-state index is 0.260. The molecule has 3 nitrogen and oxygen atoms in total. The van der Waals surface area contributed by atoms with Crippen LogP contribution in [0.2, 0.25) is 0 Å². The maximum absolute atomic E-state index is 9.83. The van der Waals surface area contributed by atoms with Gasteiger partial charge in [0, 0.05) is 12.6 Å². The molecule has 1 aromatic carbocycles. The van der Waals surface area contributed by atoms with Crippen LogP contribution in [-0.2, 0) is 0 Å². The van der Waals surface area contributed by atoms with Crippen molar-refractivity contribution in [2.75, 3.05) is 13.7 Å². The largest absolute Gasteiger partial charge is 0.497 e. The molecular weight excluding hydrogens is 238 g/mol. The Bertz CT molecular complexity index is 348. The van der Waals surface area contributed by atoms with Gasteiger partial charge in [-0.15, -0.1) is 0 Å². The van der Waals surface area contributed by atoms with Crippen molar-refractivity contribution in [2.45, 2.75) is 45.8 Å². The number of nitrogens with one attached hydrogen (secondary N) is 1. The van der Waals surface area contributed by atoms with Crippen molar-refractivity contribution < 1.29 is 9.84 Å². The highest BCUT2D eigenvalue weighted by atomic mass is 16.5. The predicted octanol–water partition coefficient (Wildman–Crippen LogP) is 3.14. The molecule has 0 bridgehead atoms. The summed E-state index contributed by atoms with van der Waals surface area (Å²) in [6, 6.07) is 8.40. The van der Waals surface area contributed by atoms with Crippen molar-refractivity contribution in [3.05, 3.63) is 29.8 Å². The Kier molecular flexibility index (Phi) is 6.89. The number of methoxy groups -OCH3 is 1.